The summed E-state index contributed by atoms with van der Waals surface area (Å²) in [6.45, 7) is 5.26. The van der Waals surface area contributed by atoms with Crippen molar-refractivity contribution in [2.75, 3.05) is 13.2 Å². The average Bonchev–Trinajstić information content (AvgIpc) is 2.39. The van der Waals surface area contributed by atoms with Gasteiger partial charge in [0.2, 0.25) is 0 Å². The van der Waals surface area contributed by atoms with Gasteiger partial charge in [0.25, 0.3) is 0 Å². The molecule has 3 nitrogen and oxygen atoms in total. The summed E-state index contributed by atoms with van der Waals surface area (Å²) in [5.74, 6) is -0.148. The first-order valence-corrected chi connectivity index (χ1v) is 7.17. The number of ether oxygens (including phenoxy) is 1. The molecule has 0 heterocycles. The Labute approximate surface area is 120 Å². The fraction of sp³-hybridized carbons (Fsp3) is 0.533. The zero-order chi connectivity index (χ0) is 14.1. The van der Waals surface area contributed by atoms with Crippen molar-refractivity contribution in [1.29, 1.82) is 0 Å². The molecule has 1 unspecified atom stereocenters. The summed E-state index contributed by atoms with van der Waals surface area (Å²) >= 11 is 5.87. The SMILES string of the molecule is CCCNC(CC(=O)OCC)Cc1ccc(Cl)cc1. The molecule has 106 valence electrons. The molecule has 1 N–H and O–H groups in total. The zero-order valence-electron chi connectivity index (χ0n) is 11.6. The highest BCUT2D eigenvalue weighted by molar-refractivity contribution is 6.30. The molecule has 0 saturated carbocycles. The first kappa shape index (κ1) is 16.0. The second-order valence-electron chi connectivity index (χ2n) is 4.49. The van der Waals surface area contributed by atoms with Gasteiger partial charge in [-0.3, -0.25) is 4.79 Å². The predicted molar refractivity (Wildman–Crippen MR) is 78.5 cm³/mol. The fourth-order valence-corrected chi connectivity index (χ4v) is 2.02. The Kier molecular flexibility index (Phi) is 7.53. The number of hydrogen-bond donors (Lipinski definition) is 1. The van der Waals surface area contributed by atoms with Gasteiger partial charge in [-0.1, -0.05) is 30.7 Å². The summed E-state index contributed by atoms with van der Waals surface area (Å²) in [6.07, 6.45) is 2.24. The first-order chi connectivity index (χ1) is 9.15. The summed E-state index contributed by atoms with van der Waals surface area (Å²) in [4.78, 5) is 11.6. The summed E-state index contributed by atoms with van der Waals surface area (Å²) in [7, 11) is 0. The average molecular weight is 284 g/mol. The van der Waals surface area contributed by atoms with Crippen LogP contribution >= 0.6 is 11.6 Å². The van der Waals surface area contributed by atoms with Crippen LogP contribution in [-0.2, 0) is 16.0 Å². The van der Waals surface area contributed by atoms with Crippen molar-refractivity contribution in [1.82, 2.24) is 5.32 Å². The quantitative estimate of drug-likeness (QED) is 0.745. The molecule has 0 amide bonds. The first-order valence-electron chi connectivity index (χ1n) is 6.79. The van der Waals surface area contributed by atoms with Crippen molar-refractivity contribution in [2.45, 2.75) is 39.2 Å². The molecule has 0 aliphatic rings. The number of nitrogens with one attached hydrogen (secondary N) is 1. The molecule has 1 rings (SSSR count). The summed E-state index contributed by atoms with van der Waals surface area (Å²) in [6, 6.07) is 7.85. The van der Waals surface area contributed by atoms with Gasteiger partial charge in [0.1, 0.15) is 0 Å². The van der Waals surface area contributed by atoms with Crippen LogP contribution in [0.4, 0.5) is 0 Å². The number of rotatable bonds is 8. The summed E-state index contributed by atoms with van der Waals surface area (Å²) in [5, 5.41) is 4.12. The van der Waals surface area contributed by atoms with E-state index < -0.39 is 0 Å². The van der Waals surface area contributed by atoms with E-state index >= 15 is 0 Å². The van der Waals surface area contributed by atoms with Crippen LogP contribution in [0.5, 0.6) is 0 Å². The van der Waals surface area contributed by atoms with Gasteiger partial charge in [-0.25, -0.2) is 0 Å². The van der Waals surface area contributed by atoms with Crippen LogP contribution in [0.15, 0.2) is 24.3 Å². The van der Waals surface area contributed by atoms with E-state index in [2.05, 4.69) is 12.2 Å². The lowest BCUT2D eigenvalue weighted by molar-refractivity contribution is -0.143. The fourth-order valence-electron chi connectivity index (χ4n) is 1.89. The van der Waals surface area contributed by atoms with Gasteiger partial charge in [-0.2, -0.15) is 0 Å². The van der Waals surface area contributed by atoms with Crippen LogP contribution in [0.25, 0.3) is 0 Å². The Morgan fingerprint density at radius 1 is 1.32 bits per heavy atom. The number of hydrogen-bond acceptors (Lipinski definition) is 3. The van der Waals surface area contributed by atoms with Gasteiger partial charge in [0.05, 0.1) is 13.0 Å². The Balaban J connectivity index is 2.57. The van der Waals surface area contributed by atoms with Crippen molar-refractivity contribution in [3.05, 3.63) is 34.9 Å². The molecule has 0 aliphatic carbocycles. The maximum atomic E-state index is 11.6. The second-order valence-corrected chi connectivity index (χ2v) is 4.93. The molecule has 1 aromatic carbocycles. The number of halogens is 1. The van der Waals surface area contributed by atoms with Gasteiger partial charge in [0, 0.05) is 11.1 Å². The van der Waals surface area contributed by atoms with Crippen molar-refractivity contribution < 1.29 is 9.53 Å². The maximum absolute atomic E-state index is 11.6. The summed E-state index contributed by atoms with van der Waals surface area (Å²) in [5.41, 5.74) is 1.17. The van der Waals surface area contributed by atoms with Crippen LogP contribution in [0.1, 0.15) is 32.3 Å². The molecular formula is C15H22ClNO2. The second kappa shape index (κ2) is 8.94. The van der Waals surface area contributed by atoms with Gasteiger partial charge in [-0.05, 0) is 44.0 Å². The normalized spacial score (nSPS) is 12.2. The molecule has 1 aromatic rings. The smallest absolute Gasteiger partial charge is 0.307 e. The van der Waals surface area contributed by atoms with Crippen LogP contribution in [0.2, 0.25) is 5.02 Å². The van der Waals surface area contributed by atoms with Crippen LogP contribution in [0.3, 0.4) is 0 Å². The molecule has 1 atom stereocenters. The third-order valence-corrected chi connectivity index (χ3v) is 3.05. The number of carbonyl (C=O) groups excluding carboxylic acids is 1. The monoisotopic (exact) mass is 283 g/mol. The van der Waals surface area contributed by atoms with Crippen LogP contribution in [-0.4, -0.2) is 25.2 Å². The molecule has 0 bridgehead atoms. The van der Waals surface area contributed by atoms with Gasteiger partial charge < -0.3 is 10.1 Å². The molecule has 0 radical (unpaired) electrons. The lowest BCUT2D eigenvalue weighted by atomic mass is 10.0. The molecule has 0 spiro atoms. The molecule has 0 fully saturated rings. The van der Waals surface area contributed by atoms with E-state index in [-0.39, 0.29) is 12.0 Å². The molecule has 4 heteroatoms. The highest BCUT2D eigenvalue weighted by Crippen LogP contribution is 2.12. The Morgan fingerprint density at radius 3 is 2.58 bits per heavy atom. The standard InChI is InChI=1S/C15H22ClNO2/c1-3-9-17-14(11-15(18)19-4-2)10-12-5-7-13(16)8-6-12/h5-8,14,17H,3-4,9-11H2,1-2H3. The molecule has 0 saturated heterocycles. The van der Waals surface area contributed by atoms with Crippen molar-refractivity contribution in [2.24, 2.45) is 0 Å². The van der Waals surface area contributed by atoms with Gasteiger partial charge >= 0.3 is 5.97 Å². The zero-order valence-corrected chi connectivity index (χ0v) is 12.4. The molecule has 0 aliphatic heterocycles. The lowest BCUT2D eigenvalue weighted by Crippen LogP contribution is -2.34. The van der Waals surface area contributed by atoms with Crippen molar-refractivity contribution >= 4 is 17.6 Å². The Bertz CT molecular complexity index is 378. The Hall–Kier alpha value is -1.06. The number of carbonyl (C=O) groups is 1. The highest BCUT2D eigenvalue weighted by Gasteiger charge is 2.14. The summed E-state index contributed by atoms with van der Waals surface area (Å²) < 4.78 is 5.01. The van der Waals surface area contributed by atoms with E-state index in [0.29, 0.717) is 13.0 Å². The number of esters is 1. The van der Waals surface area contributed by atoms with Crippen LogP contribution in [0, 0.1) is 0 Å². The largest absolute Gasteiger partial charge is 0.466 e. The van der Waals surface area contributed by atoms with Crippen LogP contribution < -0.4 is 5.32 Å². The topological polar surface area (TPSA) is 38.3 Å². The van der Waals surface area contributed by atoms with E-state index in [4.69, 9.17) is 16.3 Å². The van der Waals surface area contributed by atoms with Crippen molar-refractivity contribution in [3.63, 3.8) is 0 Å². The molecular weight excluding hydrogens is 262 g/mol. The van der Waals surface area contributed by atoms with E-state index in [1.54, 1.807) is 0 Å². The third kappa shape index (κ3) is 6.60. The van der Waals surface area contributed by atoms with Crippen molar-refractivity contribution in [3.8, 4) is 0 Å². The minimum Gasteiger partial charge on any atom is -0.466 e. The molecule has 19 heavy (non-hydrogen) atoms. The predicted octanol–water partition coefficient (Wildman–Crippen LogP) is 3.20. The molecule has 0 aromatic heterocycles. The van der Waals surface area contributed by atoms with E-state index in [1.807, 2.05) is 31.2 Å². The van der Waals surface area contributed by atoms with Gasteiger partial charge in [-0.15, -0.1) is 0 Å². The Morgan fingerprint density at radius 2 is 2.00 bits per heavy atom. The number of benzene rings is 1. The van der Waals surface area contributed by atoms with E-state index in [9.17, 15) is 4.79 Å². The maximum Gasteiger partial charge on any atom is 0.307 e. The minimum absolute atomic E-state index is 0.111. The highest BCUT2D eigenvalue weighted by atomic mass is 35.5. The minimum atomic E-state index is -0.148. The van der Waals surface area contributed by atoms with E-state index in [0.717, 1.165) is 24.4 Å². The lowest BCUT2D eigenvalue weighted by Gasteiger charge is -2.17. The van der Waals surface area contributed by atoms with Gasteiger partial charge in [0.15, 0.2) is 0 Å². The third-order valence-electron chi connectivity index (χ3n) is 2.80. The van der Waals surface area contributed by atoms with E-state index in [1.165, 1.54) is 5.56 Å².